The topological polar surface area (TPSA) is 26.3 Å². The van der Waals surface area contributed by atoms with Crippen LogP contribution in [-0.2, 0) is 9.53 Å². The SMILES string of the molecule is CC1(C)OC(=O)C2C3C4C=CC(C4)C3C21. The van der Waals surface area contributed by atoms with Crippen LogP contribution in [0, 0.1) is 35.5 Å². The molecule has 15 heavy (non-hydrogen) atoms. The molecular formula is C13H16O2. The summed E-state index contributed by atoms with van der Waals surface area (Å²) < 4.78 is 5.53. The molecular weight excluding hydrogens is 188 g/mol. The number of cyclic esters (lactones) is 1. The summed E-state index contributed by atoms with van der Waals surface area (Å²) in [4.78, 5) is 11.8. The molecule has 6 atom stereocenters. The molecule has 0 spiro atoms. The molecule has 6 unspecified atom stereocenters. The molecule has 1 heterocycles. The van der Waals surface area contributed by atoms with E-state index in [-0.39, 0.29) is 17.5 Å². The molecule has 4 rings (SSSR count). The maximum atomic E-state index is 11.8. The fraction of sp³-hybridized carbons (Fsp3) is 0.769. The van der Waals surface area contributed by atoms with E-state index in [1.165, 1.54) is 6.42 Å². The van der Waals surface area contributed by atoms with Gasteiger partial charge in [0, 0.05) is 5.92 Å². The van der Waals surface area contributed by atoms with Crippen LogP contribution in [0.2, 0.25) is 0 Å². The van der Waals surface area contributed by atoms with Gasteiger partial charge >= 0.3 is 5.97 Å². The molecule has 80 valence electrons. The van der Waals surface area contributed by atoms with Crippen molar-refractivity contribution in [1.29, 1.82) is 0 Å². The number of hydrogen-bond donors (Lipinski definition) is 0. The molecule has 2 nitrogen and oxygen atoms in total. The van der Waals surface area contributed by atoms with Crippen molar-refractivity contribution < 1.29 is 9.53 Å². The molecule has 2 saturated carbocycles. The van der Waals surface area contributed by atoms with E-state index in [1.54, 1.807) is 0 Å². The summed E-state index contributed by atoms with van der Waals surface area (Å²) in [7, 11) is 0. The van der Waals surface area contributed by atoms with E-state index in [9.17, 15) is 4.79 Å². The Balaban J connectivity index is 1.78. The van der Waals surface area contributed by atoms with Crippen molar-refractivity contribution in [2.45, 2.75) is 25.9 Å². The van der Waals surface area contributed by atoms with Crippen LogP contribution in [0.3, 0.4) is 0 Å². The molecule has 2 heteroatoms. The van der Waals surface area contributed by atoms with Crippen molar-refractivity contribution in [3.8, 4) is 0 Å². The lowest BCUT2D eigenvalue weighted by molar-refractivity contribution is -0.149. The summed E-state index contributed by atoms with van der Waals surface area (Å²) in [6.45, 7) is 4.17. The number of hydrogen-bond acceptors (Lipinski definition) is 2. The highest BCUT2D eigenvalue weighted by molar-refractivity contribution is 5.78. The van der Waals surface area contributed by atoms with Gasteiger partial charge in [0.15, 0.2) is 0 Å². The first-order valence-corrected chi connectivity index (χ1v) is 6.01. The van der Waals surface area contributed by atoms with Gasteiger partial charge in [0.1, 0.15) is 5.60 Å². The number of rotatable bonds is 0. The van der Waals surface area contributed by atoms with Gasteiger partial charge in [-0.05, 0) is 43.9 Å². The van der Waals surface area contributed by atoms with Crippen LogP contribution >= 0.6 is 0 Å². The lowest BCUT2D eigenvalue weighted by Gasteiger charge is -2.50. The predicted molar refractivity (Wildman–Crippen MR) is 54.9 cm³/mol. The van der Waals surface area contributed by atoms with Gasteiger partial charge in [0.05, 0.1) is 5.92 Å². The molecule has 0 N–H and O–H groups in total. The summed E-state index contributed by atoms with van der Waals surface area (Å²) in [5.41, 5.74) is -0.207. The lowest BCUT2D eigenvalue weighted by atomic mass is 9.50. The second-order valence-electron chi connectivity index (χ2n) is 6.18. The zero-order chi connectivity index (χ0) is 10.4. The van der Waals surface area contributed by atoms with Crippen LogP contribution in [-0.4, -0.2) is 11.6 Å². The van der Waals surface area contributed by atoms with Gasteiger partial charge in [-0.3, -0.25) is 4.79 Å². The first-order chi connectivity index (χ1) is 7.09. The molecule has 3 aliphatic carbocycles. The highest BCUT2D eigenvalue weighted by Crippen LogP contribution is 2.69. The van der Waals surface area contributed by atoms with E-state index in [4.69, 9.17) is 4.74 Å². The fourth-order valence-electron chi connectivity index (χ4n) is 4.84. The molecule has 0 amide bonds. The maximum Gasteiger partial charge on any atom is 0.310 e. The molecule has 0 aromatic heterocycles. The molecule has 4 aliphatic rings. The predicted octanol–water partition coefficient (Wildman–Crippen LogP) is 2.01. The Morgan fingerprint density at radius 2 is 1.93 bits per heavy atom. The van der Waals surface area contributed by atoms with Gasteiger partial charge in [-0.15, -0.1) is 0 Å². The van der Waals surface area contributed by atoms with Crippen LogP contribution in [0.15, 0.2) is 12.2 Å². The van der Waals surface area contributed by atoms with E-state index in [1.807, 2.05) is 0 Å². The van der Waals surface area contributed by atoms with Gasteiger partial charge in [0.2, 0.25) is 0 Å². The molecule has 0 radical (unpaired) electrons. The number of esters is 1. The largest absolute Gasteiger partial charge is 0.459 e. The zero-order valence-electron chi connectivity index (χ0n) is 9.14. The first-order valence-electron chi connectivity index (χ1n) is 6.01. The van der Waals surface area contributed by atoms with E-state index >= 15 is 0 Å². The van der Waals surface area contributed by atoms with Crippen molar-refractivity contribution in [2.24, 2.45) is 35.5 Å². The highest BCUT2D eigenvalue weighted by atomic mass is 16.6. The Hall–Kier alpha value is -0.790. The van der Waals surface area contributed by atoms with Crippen molar-refractivity contribution >= 4 is 5.97 Å². The van der Waals surface area contributed by atoms with Crippen LogP contribution in [0.1, 0.15) is 20.3 Å². The highest BCUT2D eigenvalue weighted by Gasteiger charge is 2.71. The molecule has 0 aromatic carbocycles. The Bertz CT molecular complexity index is 382. The van der Waals surface area contributed by atoms with Crippen molar-refractivity contribution in [1.82, 2.24) is 0 Å². The Morgan fingerprint density at radius 1 is 1.27 bits per heavy atom. The molecule has 3 fully saturated rings. The fourth-order valence-corrected chi connectivity index (χ4v) is 4.84. The summed E-state index contributed by atoms with van der Waals surface area (Å²) in [6, 6.07) is 0. The van der Waals surface area contributed by atoms with Gasteiger partial charge in [-0.1, -0.05) is 12.2 Å². The number of carbonyl (C=O) groups is 1. The average molecular weight is 204 g/mol. The van der Waals surface area contributed by atoms with Gasteiger partial charge in [0.25, 0.3) is 0 Å². The summed E-state index contributed by atoms with van der Waals surface area (Å²) in [6.07, 6.45) is 6.01. The third kappa shape index (κ3) is 0.745. The average Bonchev–Trinajstić information content (AvgIpc) is 2.61. The minimum Gasteiger partial charge on any atom is -0.459 e. The monoisotopic (exact) mass is 204 g/mol. The second-order valence-corrected chi connectivity index (χ2v) is 6.18. The normalized spacial score (nSPS) is 57.3. The van der Waals surface area contributed by atoms with E-state index in [0.29, 0.717) is 17.8 Å². The second kappa shape index (κ2) is 2.16. The number of allylic oxidation sites excluding steroid dienone is 2. The Morgan fingerprint density at radius 3 is 2.67 bits per heavy atom. The minimum atomic E-state index is -0.207. The van der Waals surface area contributed by atoms with Crippen LogP contribution < -0.4 is 0 Å². The lowest BCUT2D eigenvalue weighted by Crippen LogP contribution is -2.53. The van der Waals surface area contributed by atoms with E-state index in [2.05, 4.69) is 26.0 Å². The number of fused-ring (bicyclic) bond motifs is 8. The molecule has 1 aliphatic heterocycles. The van der Waals surface area contributed by atoms with Crippen molar-refractivity contribution in [2.75, 3.05) is 0 Å². The van der Waals surface area contributed by atoms with E-state index in [0.717, 1.165) is 11.8 Å². The van der Waals surface area contributed by atoms with Crippen molar-refractivity contribution in [3.63, 3.8) is 0 Å². The van der Waals surface area contributed by atoms with Crippen LogP contribution in [0.5, 0.6) is 0 Å². The smallest absolute Gasteiger partial charge is 0.310 e. The summed E-state index contributed by atoms with van der Waals surface area (Å²) >= 11 is 0. The third-order valence-electron chi connectivity index (χ3n) is 5.24. The van der Waals surface area contributed by atoms with Crippen LogP contribution in [0.25, 0.3) is 0 Å². The van der Waals surface area contributed by atoms with Gasteiger partial charge < -0.3 is 4.74 Å². The quantitative estimate of drug-likeness (QED) is 0.445. The minimum absolute atomic E-state index is 0.0761. The molecule has 0 aromatic rings. The number of ether oxygens (including phenoxy) is 1. The van der Waals surface area contributed by atoms with E-state index < -0.39 is 0 Å². The summed E-state index contributed by atoms with van der Waals surface area (Å²) in [5.74, 6) is 3.59. The zero-order valence-corrected chi connectivity index (χ0v) is 9.14. The molecule has 1 saturated heterocycles. The van der Waals surface area contributed by atoms with Crippen molar-refractivity contribution in [3.05, 3.63) is 12.2 Å². The Labute approximate surface area is 89.7 Å². The first kappa shape index (κ1) is 8.37. The Kier molecular flexibility index (Phi) is 1.20. The number of carbonyl (C=O) groups excluding carboxylic acids is 1. The molecule has 2 bridgehead atoms. The van der Waals surface area contributed by atoms with Gasteiger partial charge in [-0.25, -0.2) is 0 Å². The third-order valence-corrected chi connectivity index (χ3v) is 5.24. The van der Waals surface area contributed by atoms with Gasteiger partial charge in [-0.2, -0.15) is 0 Å². The van der Waals surface area contributed by atoms with Crippen LogP contribution in [0.4, 0.5) is 0 Å². The summed E-state index contributed by atoms with van der Waals surface area (Å²) in [5, 5.41) is 0. The maximum absolute atomic E-state index is 11.8. The standard InChI is InChI=1S/C13H16O2/c1-13(2)11-9-7-4-3-6(5-7)8(9)10(11)12(14)15-13/h3-4,6-11H,5H2,1-2H3.